The molecule has 0 unspecified atom stereocenters. The van der Waals surface area contributed by atoms with Crippen molar-refractivity contribution in [2.45, 2.75) is 26.0 Å². The van der Waals surface area contributed by atoms with Gasteiger partial charge in [-0.25, -0.2) is 35.9 Å². The van der Waals surface area contributed by atoms with Gasteiger partial charge in [0.25, 0.3) is 12.3 Å². The number of rotatable bonds is 9. The molecule has 0 spiro atoms. The van der Waals surface area contributed by atoms with E-state index in [0.29, 0.717) is 16.7 Å². The van der Waals surface area contributed by atoms with Crippen LogP contribution in [0.25, 0.3) is 5.69 Å². The van der Waals surface area contributed by atoms with Crippen molar-refractivity contribution in [3.63, 3.8) is 0 Å². The van der Waals surface area contributed by atoms with Crippen molar-refractivity contribution >= 4 is 17.6 Å². The third kappa shape index (κ3) is 5.04. The Morgan fingerprint density at radius 2 is 1.78 bits per heavy atom. The molecule has 0 saturated carbocycles. The minimum Gasteiger partial charge on any atom is -0.481 e. The van der Waals surface area contributed by atoms with Crippen molar-refractivity contribution in [2.24, 2.45) is 0 Å². The number of nitrogens with one attached hydrogen (secondary N) is 1. The van der Waals surface area contributed by atoms with Gasteiger partial charge >= 0.3 is 11.7 Å². The van der Waals surface area contributed by atoms with Gasteiger partial charge in [0, 0.05) is 12.6 Å². The Labute approximate surface area is 197 Å². The fourth-order valence-electron chi connectivity index (χ4n) is 3.09. The minimum absolute atomic E-state index is 0.185. The fraction of sp³-hybridized carbons (Fsp3) is 0.238. The van der Waals surface area contributed by atoms with Crippen LogP contribution in [0.5, 0.6) is 5.75 Å². The molecule has 0 aliphatic heterocycles. The first-order valence-electron chi connectivity index (χ1n) is 10.0. The van der Waals surface area contributed by atoms with Gasteiger partial charge in [0.1, 0.15) is 41.3 Å². The summed E-state index contributed by atoms with van der Waals surface area (Å²) in [7, 11) is 0. The standard InChI is InChI=1S/C21H16F6N4O5/c1-2-30-18(20(33)34)29-31(21(30)35)13-7-14(36-15(8-22)17(26)27)9(6-12(13)25)19(32)28-16-10(23)4-3-5-11(16)24/h3-7,15,17H,2,8H2,1H3,(H,28,32)(H,33,34)/t15-/m0/s1. The smallest absolute Gasteiger partial charge is 0.374 e. The van der Waals surface area contributed by atoms with Gasteiger partial charge in [-0.05, 0) is 25.1 Å². The maximum absolute atomic E-state index is 15.0. The van der Waals surface area contributed by atoms with Crippen LogP contribution >= 0.6 is 0 Å². The number of alkyl halides is 3. The summed E-state index contributed by atoms with van der Waals surface area (Å²) < 4.78 is 88.1. The van der Waals surface area contributed by atoms with Crippen LogP contribution in [-0.4, -0.2) is 50.5 Å². The van der Waals surface area contributed by atoms with Gasteiger partial charge in [-0.15, -0.1) is 5.10 Å². The SMILES string of the molecule is CCn1c(C(=O)O)nn(-c2cc(O[C@@H](CF)C(F)F)c(C(=O)Nc3c(F)cccc3F)cc2F)c1=O. The summed E-state index contributed by atoms with van der Waals surface area (Å²) in [5.74, 6) is -8.57. The molecule has 1 atom stereocenters. The summed E-state index contributed by atoms with van der Waals surface area (Å²) in [4.78, 5) is 36.6. The predicted octanol–water partition coefficient (Wildman–Crippen LogP) is 3.40. The van der Waals surface area contributed by atoms with Crippen molar-refractivity contribution in [3.05, 3.63) is 69.7 Å². The number of carbonyl (C=O) groups is 2. The molecule has 1 amide bonds. The molecule has 1 aromatic heterocycles. The van der Waals surface area contributed by atoms with E-state index in [0.717, 1.165) is 18.2 Å². The number of carboxylic acids is 1. The van der Waals surface area contributed by atoms with E-state index < -0.39 is 82.7 Å². The van der Waals surface area contributed by atoms with E-state index in [2.05, 4.69) is 5.10 Å². The second-order valence-electron chi connectivity index (χ2n) is 7.06. The Morgan fingerprint density at radius 3 is 2.28 bits per heavy atom. The monoisotopic (exact) mass is 518 g/mol. The van der Waals surface area contributed by atoms with E-state index in [4.69, 9.17) is 4.74 Å². The topological polar surface area (TPSA) is 115 Å². The number of ether oxygens (including phenoxy) is 1. The number of benzene rings is 2. The number of amides is 1. The van der Waals surface area contributed by atoms with Gasteiger partial charge in [-0.3, -0.25) is 9.36 Å². The molecule has 1 heterocycles. The lowest BCUT2D eigenvalue weighted by atomic mass is 10.1. The number of carboxylic acid groups (broad SMARTS) is 1. The molecule has 0 bridgehead atoms. The van der Waals surface area contributed by atoms with Crippen molar-refractivity contribution in [2.75, 3.05) is 12.0 Å². The largest absolute Gasteiger partial charge is 0.481 e. The van der Waals surface area contributed by atoms with Crippen LogP contribution in [-0.2, 0) is 6.54 Å². The number of aromatic nitrogens is 3. The Hall–Kier alpha value is -4.30. The molecule has 9 nitrogen and oxygen atoms in total. The van der Waals surface area contributed by atoms with Gasteiger partial charge in [-0.1, -0.05) is 6.07 Å². The fourth-order valence-corrected chi connectivity index (χ4v) is 3.09. The second kappa shape index (κ2) is 10.5. The molecule has 15 heteroatoms. The number of para-hydroxylation sites is 1. The lowest BCUT2D eigenvalue weighted by molar-refractivity contribution is -0.00159. The number of hydrogen-bond donors (Lipinski definition) is 2. The molecule has 3 aromatic rings. The van der Waals surface area contributed by atoms with E-state index in [1.807, 2.05) is 5.32 Å². The van der Waals surface area contributed by atoms with Crippen molar-refractivity contribution < 1.29 is 45.8 Å². The zero-order chi connectivity index (χ0) is 26.7. The number of nitrogens with zero attached hydrogens (tertiary/aromatic N) is 3. The predicted molar refractivity (Wildman–Crippen MR) is 111 cm³/mol. The molecular formula is C21H16F6N4O5. The molecule has 0 saturated heterocycles. The summed E-state index contributed by atoms with van der Waals surface area (Å²) >= 11 is 0. The van der Waals surface area contributed by atoms with E-state index in [-0.39, 0.29) is 11.2 Å². The van der Waals surface area contributed by atoms with Crippen molar-refractivity contribution in [1.29, 1.82) is 0 Å². The second-order valence-corrected chi connectivity index (χ2v) is 7.06. The summed E-state index contributed by atoms with van der Waals surface area (Å²) in [6.07, 6.45) is -5.86. The molecule has 0 aliphatic rings. The Bertz CT molecular complexity index is 1350. The number of hydrogen-bond acceptors (Lipinski definition) is 5. The molecule has 3 rings (SSSR count). The van der Waals surface area contributed by atoms with E-state index in [1.165, 1.54) is 6.92 Å². The van der Waals surface area contributed by atoms with Gasteiger partial charge in [-0.2, -0.15) is 4.68 Å². The van der Waals surface area contributed by atoms with Crippen molar-refractivity contribution in [3.8, 4) is 11.4 Å². The maximum Gasteiger partial charge on any atom is 0.374 e. The molecule has 0 fully saturated rings. The van der Waals surface area contributed by atoms with Gasteiger partial charge in [0.2, 0.25) is 5.82 Å². The highest BCUT2D eigenvalue weighted by Gasteiger charge is 2.28. The Kier molecular flexibility index (Phi) is 7.70. The van der Waals surface area contributed by atoms with Gasteiger partial charge in [0.05, 0.1) is 5.56 Å². The lowest BCUT2D eigenvalue weighted by Crippen LogP contribution is -2.29. The molecule has 192 valence electrons. The first kappa shape index (κ1) is 26.3. The van der Waals surface area contributed by atoms with Crippen LogP contribution in [0.15, 0.2) is 35.1 Å². The van der Waals surface area contributed by atoms with Crippen LogP contribution < -0.4 is 15.7 Å². The lowest BCUT2D eigenvalue weighted by Gasteiger charge is -2.19. The summed E-state index contributed by atoms with van der Waals surface area (Å²) in [5, 5.41) is 14.5. The number of carbonyl (C=O) groups excluding carboxylic acids is 1. The summed E-state index contributed by atoms with van der Waals surface area (Å²) in [6.45, 7) is -0.537. The quantitative estimate of drug-likeness (QED) is 0.420. The zero-order valence-corrected chi connectivity index (χ0v) is 18.1. The third-order valence-electron chi connectivity index (χ3n) is 4.80. The molecule has 0 radical (unpaired) electrons. The highest BCUT2D eigenvalue weighted by atomic mass is 19.3. The molecule has 2 N–H and O–H groups in total. The zero-order valence-electron chi connectivity index (χ0n) is 18.1. The average Bonchev–Trinajstić information content (AvgIpc) is 3.16. The highest BCUT2D eigenvalue weighted by molar-refractivity contribution is 6.06. The van der Waals surface area contributed by atoms with Crippen molar-refractivity contribution in [1.82, 2.24) is 14.3 Å². The van der Waals surface area contributed by atoms with Gasteiger partial charge < -0.3 is 15.2 Å². The summed E-state index contributed by atoms with van der Waals surface area (Å²) in [6, 6.07) is 3.50. The first-order valence-corrected chi connectivity index (χ1v) is 10.0. The van der Waals surface area contributed by atoms with E-state index >= 15 is 4.39 Å². The first-order chi connectivity index (χ1) is 17.0. The average molecular weight is 518 g/mol. The molecule has 36 heavy (non-hydrogen) atoms. The number of halogens is 6. The highest BCUT2D eigenvalue weighted by Crippen LogP contribution is 2.29. The molecule has 2 aromatic carbocycles. The van der Waals surface area contributed by atoms with Crippen LogP contribution in [0, 0.1) is 17.5 Å². The minimum atomic E-state index is -3.41. The Balaban J connectivity index is 2.18. The van der Waals surface area contributed by atoms with Gasteiger partial charge in [0.15, 0.2) is 6.10 Å². The van der Waals surface area contributed by atoms with Crippen LogP contribution in [0.4, 0.5) is 32.0 Å². The normalized spacial score (nSPS) is 12.0. The Morgan fingerprint density at radius 1 is 1.14 bits per heavy atom. The molecule has 0 aliphatic carbocycles. The summed E-state index contributed by atoms with van der Waals surface area (Å²) in [5.41, 5.74) is -3.80. The van der Waals surface area contributed by atoms with Crippen LogP contribution in [0.1, 0.15) is 27.9 Å². The van der Waals surface area contributed by atoms with Crippen LogP contribution in [0.2, 0.25) is 0 Å². The number of anilines is 1. The third-order valence-corrected chi connectivity index (χ3v) is 4.80. The van der Waals surface area contributed by atoms with E-state index in [9.17, 15) is 41.4 Å². The van der Waals surface area contributed by atoms with E-state index in [1.54, 1.807) is 0 Å². The maximum atomic E-state index is 15.0. The van der Waals surface area contributed by atoms with Crippen LogP contribution in [0.3, 0.4) is 0 Å². The number of aromatic carboxylic acids is 1. The molecular weight excluding hydrogens is 502 g/mol.